The zero-order valence-corrected chi connectivity index (χ0v) is 17.7. The minimum atomic E-state index is -0.550. The molecule has 0 saturated carbocycles. The summed E-state index contributed by atoms with van der Waals surface area (Å²) in [6, 6.07) is 20.2. The second-order valence-electron chi connectivity index (χ2n) is 7.41. The maximum absolute atomic E-state index is 12.1. The Bertz CT molecular complexity index is 1440. The number of anilines is 1. The summed E-state index contributed by atoms with van der Waals surface area (Å²) < 4.78 is 0. The Kier molecular flexibility index (Phi) is 5.77. The first-order chi connectivity index (χ1) is 16.0. The molecular formula is C26H21N5O2. The molecule has 0 bridgehead atoms. The van der Waals surface area contributed by atoms with Crippen molar-refractivity contribution in [3.63, 3.8) is 0 Å². The summed E-state index contributed by atoms with van der Waals surface area (Å²) in [5, 5.41) is 12.6. The average Bonchev–Trinajstić information content (AvgIpc) is 3.28. The molecule has 162 valence electrons. The van der Waals surface area contributed by atoms with E-state index < -0.39 is 5.91 Å². The van der Waals surface area contributed by atoms with Gasteiger partial charge in [-0.25, -0.2) is 0 Å². The summed E-state index contributed by atoms with van der Waals surface area (Å²) >= 11 is 0. The number of hydrogen-bond acceptors (Lipinski definition) is 4. The van der Waals surface area contributed by atoms with Crippen LogP contribution in [0.1, 0.15) is 21.5 Å². The van der Waals surface area contributed by atoms with E-state index in [2.05, 4.69) is 22.9 Å². The number of H-pyrrole nitrogens is 1. The first-order valence-electron chi connectivity index (χ1n) is 10.2. The van der Waals surface area contributed by atoms with E-state index >= 15 is 0 Å². The summed E-state index contributed by atoms with van der Waals surface area (Å²) in [5.41, 5.74) is 17.8. The number of rotatable bonds is 6. The Balaban J connectivity index is 1.95. The molecule has 0 saturated heterocycles. The Morgan fingerprint density at radius 1 is 1.09 bits per heavy atom. The maximum Gasteiger partial charge on any atom is 0.250 e. The monoisotopic (exact) mass is 435 g/mol. The van der Waals surface area contributed by atoms with Gasteiger partial charge in [-0.2, -0.15) is 5.26 Å². The van der Waals surface area contributed by atoms with Crippen molar-refractivity contribution in [1.29, 1.82) is 5.26 Å². The quantitative estimate of drug-likeness (QED) is 0.339. The number of nitrogens with zero attached hydrogens (tertiary/aromatic N) is 1. The molecule has 0 atom stereocenters. The predicted molar refractivity (Wildman–Crippen MR) is 129 cm³/mol. The van der Waals surface area contributed by atoms with Crippen LogP contribution < -0.4 is 16.8 Å². The second kappa shape index (κ2) is 8.83. The summed E-state index contributed by atoms with van der Waals surface area (Å²) in [6.07, 6.45) is 1.20. The molecule has 1 heterocycles. The van der Waals surface area contributed by atoms with Crippen LogP contribution in [0.3, 0.4) is 0 Å². The van der Waals surface area contributed by atoms with E-state index in [0.717, 1.165) is 33.3 Å². The lowest BCUT2D eigenvalue weighted by atomic mass is 9.93. The summed E-state index contributed by atoms with van der Waals surface area (Å²) in [6.45, 7) is 3.68. The first-order valence-corrected chi connectivity index (χ1v) is 10.2. The van der Waals surface area contributed by atoms with Crippen molar-refractivity contribution in [3.8, 4) is 28.5 Å². The van der Waals surface area contributed by atoms with Crippen LogP contribution in [0.15, 0.2) is 73.3 Å². The van der Waals surface area contributed by atoms with Crippen molar-refractivity contribution in [2.45, 2.75) is 6.54 Å². The fourth-order valence-electron chi connectivity index (χ4n) is 3.90. The largest absolute Gasteiger partial charge is 0.366 e. The molecule has 0 fully saturated rings. The van der Waals surface area contributed by atoms with Crippen LogP contribution >= 0.6 is 0 Å². The van der Waals surface area contributed by atoms with Crippen LogP contribution in [0, 0.1) is 11.3 Å². The third-order valence-electron chi connectivity index (χ3n) is 5.50. The van der Waals surface area contributed by atoms with Gasteiger partial charge in [0.1, 0.15) is 0 Å². The SMILES string of the molecule is C=CC(=O)Nc1cccc(-c2ccc(C(N)=O)c3[nH]c(-c4ccc(C#N)cc4)cc23)c1CN. The number of nitrogens with two attached hydrogens (primary N) is 2. The number of nitriles is 1. The van der Waals surface area contributed by atoms with Crippen molar-refractivity contribution < 1.29 is 9.59 Å². The minimum absolute atomic E-state index is 0.189. The van der Waals surface area contributed by atoms with Gasteiger partial charge in [-0.05, 0) is 58.7 Å². The highest BCUT2D eigenvalue weighted by Crippen LogP contribution is 2.37. The minimum Gasteiger partial charge on any atom is -0.366 e. The molecule has 1 aromatic heterocycles. The third kappa shape index (κ3) is 3.99. The Hall–Kier alpha value is -4.67. The number of primary amides is 1. The van der Waals surface area contributed by atoms with E-state index in [1.807, 2.05) is 36.4 Å². The number of aromatic amines is 1. The highest BCUT2D eigenvalue weighted by Gasteiger charge is 2.18. The highest BCUT2D eigenvalue weighted by molar-refractivity contribution is 6.11. The number of carbonyl (C=O) groups excluding carboxylic acids is 2. The van der Waals surface area contributed by atoms with E-state index in [1.165, 1.54) is 6.08 Å². The lowest BCUT2D eigenvalue weighted by Crippen LogP contribution is -2.13. The average molecular weight is 435 g/mol. The zero-order valence-electron chi connectivity index (χ0n) is 17.7. The number of nitrogens with one attached hydrogen (secondary N) is 2. The maximum atomic E-state index is 12.1. The smallest absolute Gasteiger partial charge is 0.250 e. The molecule has 2 amide bonds. The van der Waals surface area contributed by atoms with E-state index in [4.69, 9.17) is 16.7 Å². The predicted octanol–water partition coefficient (Wildman–Crippen LogP) is 4.06. The summed E-state index contributed by atoms with van der Waals surface area (Å²) in [5.74, 6) is -0.883. The topological polar surface area (TPSA) is 138 Å². The van der Waals surface area contributed by atoms with E-state index in [1.54, 1.807) is 24.3 Å². The number of amides is 2. The number of fused-ring (bicyclic) bond motifs is 1. The molecule has 7 heteroatoms. The molecule has 0 aliphatic rings. The summed E-state index contributed by atoms with van der Waals surface area (Å²) in [4.78, 5) is 27.3. The van der Waals surface area contributed by atoms with Gasteiger partial charge < -0.3 is 21.8 Å². The first kappa shape index (κ1) is 21.6. The van der Waals surface area contributed by atoms with E-state index in [9.17, 15) is 9.59 Å². The standard InChI is InChI=1S/C26H21N5O2/c1-2-24(32)30-22-5-3-4-17(21(22)14-28)18-10-11-19(26(29)33)25-20(18)12-23(31-25)16-8-6-15(13-27)7-9-16/h2-12,31H,1,14,28H2,(H2,29,33)(H,30,32). The molecule has 7 nitrogen and oxygen atoms in total. The van der Waals surface area contributed by atoms with E-state index in [0.29, 0.717) is 22.3 Å². The third-order valence-corrected chi connectivity index (χ3v) is 5.50. The Morgan fingerprint density at radius 2 is 1.85 bits per heavy atom. The molecule has 3 aromatic carbocycles. The molecule has 4 aromatic rings. The molecule has 4 rings (SSSR count). The van der Waals surface area contributed by atoms with Crippen molar-refractivity contribution in [2.24, 2.45) is 11.5 Å². The second-order valence-corrected chi connectivity index (χ2v) is 7.41. The van der Waals surface area contributed by atoms with Crippen LogP contribution in [-0.2, 0) is 11.3 Å². The van der Waals surface area contributed by atoms with Crippen LogP contribution in [0.25, 0.3) is 33.3 Å². The number of carbonyl (C=O) groups is 2. The molecular weight excluding hydrogens is 414 g/mol. The molecule has 0 aliphatic heterocycles. The van der Waals surface area contributed by atoms with Crippen LogP contribution in [0.5, 0.6) is 0 Å². The number of hydrogen-bond donors (Lipinski definition) is 4. The Labute approximate surface area is 190 Å². The van der Waals surface area contributed by atoms with Crippen molar-refractivity contribution >= 4 is 28.4 Å². The van der Waals surface area contributed by atoms with Gasteiger partial charge in [-0.1, -0.05) is 36.9 Å². The van der Waals surface area contributed by atoms with E-state index in [-0.39, 0.29) is 12.5 Å². The molecule has 6 N–H and O–H groups in total. The van der Waals surface area contributed by atoms with Gasteiger partial charge >= 0.3 is 0 Å². The fraction of sp³-hybridized carbons (Fsp3) is 0.0385. The van der Waals surface area contributed by atoms with Gasteiger partial charge in [0.2, 0.25) is 5.91 Å². The lowest BCUT2D eigenvalue weighted by molar-refractivity contribution is -0.111. The van der Waals surface area contributed by atoms with Crippen LogP contribution in [0.4, 0.5) is 5.69 Å². The Morgan fingerprint density at radius 3 is 2.48 bits per heavy atom. The fourth-order valence-corrected chi connectivity index (χ4v) is 3.90. The molecule has 0 unspecified atom stereocenters. The van der Waals surface area contributed by atoms with Crippen molar-refractivity contribution in [3.05, 3.63) is 90.0 Å². The molecule has 0 spiro atoms. The van der Waals surface area contributed by atoms with Gasteiger partial charge in [-0.15, -0.1) is 0 Å². The van der Waals surface area contributed by atoms with Gasteiger partial charge in [0, 0.05) is 23.3 Å². The van der Waals surface area contributed by atoms with Crippen LogP contribution in [0.2, 0.25) is 0 Å². The number of aromatic nitrogens is 1. The molecule has 33 heavy (non-hydrogen) atoms. The van der Waals surface area contributed by atoms with Gasteiger partial charge in [0.05, 0.1) is 22.7 Å². The van der Waals surface area contributed by atoms with Gasteiger partial charge in [0.15, 0.2) is 0 Å². The summed E-state index contributed by atoms with van der Waals surface area (Å²) in [7, 11) is 0. The van der Waals surface area contributed by atoms with Gasteiger partial charge in [-0.3, -0.25) is 9.59 Å². The van der Waals surface area contributed by atoms with Crippen molar-refractivity contribution in [1.82, 2.24) is 4.98 Å². The van der Waals surface area contributed by atoms with Crippen LogP contribution in [-0.4, -0.2) is 16.8 Å². The lowest BCUT2D eigenvalue weighted by Gasteiger charge is -2.15. The molecule has 0 radical (unpaired) electrons. The highest BCUT2D eigenvalue weighted by atomic mass is 16.1. The van der Waals surface area contributed by atoms with Crippen molar-refractivity contribution in [2.75, 3.05) is 5.32 Å². The molecule has 0 aliphatic carbocycles. The number of benzene rings is 3. The normalized spacial score (nSPS) is 10.5. The van der Waals surface area contributed by atoms with Gasteiger partial charge in [0.25, 0.3) is 5.91 Å². The zero-order chi connectivity index (χ0) is 23.5.